The van der Waals surface area contributed by atoms with E-state index in [1.807, 2.05) is 18.2 Å². The first kappa shape index (κ1) is 15.8. The summed E-state index contributed by atoms with van der Waals surface area (Å²) in [6.07, 6.45) is 8.43. The lowest BCUT2D eigenvalue weighted by molar-refractivity contribution is 0.176. The molecule has 1 heterocycles. The Morgan fingerprint density at radius 2 is 2.14 bits per heavy atom. The van der Waals surface area contributed by atoms with Gasteiger partial charge < -0.3 is 16.0 Å². The second kappa shape index (κ2) is 7.98. The average molecular weight is 289 g/mol. The molecule has 5 nitrogen and oxygen atoms in total. The van der Waals surface area contributed by atoms with E-state index in [0.717, 1.165) is 18.3 Å². The highest BCUT2D eigenvalue weighted by Crippen LogP contribution is 2.28. The van der Waals surface area contributed by atoms with Crippen LogP contribution in [0.2, 0.25) is 0 Å². The van der Waals surface area contributed by atoms with Crippen LogP contribution < -0.4 is 11.1 Å². The average Bonchev–Trinajstić information content (AvgIpc) is 2.49. The van der Waals surface area contributed by atoms with Crippen LogP contribution in [-0.2, 0) is 0 Å². The molecule has 5 heteroatoms. The summed E-state index contributed by atoms with van der Waals surface area (Å²) in [5, 5.41) is 3.04. The largest absolute Gasteiger partial charge is 0.370 e. The first-order chi connectivity index (χ1) is 10.2. The van der Waals surface area contributed by atoms with Crippen molar-refractivity contribution in [1.29, 1.82) is 0 Å². The van der Waals surface area contributed by atoms with Gasteiger partial charge in [0.25, 0.3) is 0 Å². The minimum atomic E-state index is 0.441. The third-order valence-corrected chi connectivity index (χ3v) is 4.23. The van der Waals surface area contributed by atoms with Gasteiger partial charge in [-0.2, -0.15) is 0 Å². The third-order valence-electron chi connectivity index (χ3n) is 4.23. The van der Waals surface area contributed by atoms with Crippen molar-refractivity contribution in [3.63, 3.8) is 0 Å². The molecule has 21 heavy (non-hydrogen) atoms. The fraction of sp³-hybridized carbons (Fsp3) is 0.625. The molecule has 0 spiro atoms. The normalized spacial score (nSPS) is 18.7. The predicted molar refractivity (Wildman–Crippen MR) is 88.4 cm³/mol. The van der Waals surface area contributed by atoms with E-state index in [1.165, 1.54) is 32.1 Å². The molecule has 1 aromatic rings. The Hall–Kier alpha value is -1.62. The molecular weight excluding hydrogens is 262 g/mol. The van der Waals surface area contributed by atoms with E-state index in [-0.39, 0.29) is 0 Å². The van der Waals surface area contributed by atoms with Crippen molar-refractivity contribution in [1.82, 2.24) is 9.88 Å². The van der Waals surface area contributed by atoms with E-state index < -0.39 is 0 Å². The molecule has 1 atom stereocenters. The Morgan fingerprint density at radius 3 is 2.76 bits per heavy atom. The zero-order chi connectivity index (χ0) is 15.1. The monoisotopic (exact) mass is 289 g/mol. The highest BCUT2D eigenvalue weighted by molar-refractivity contribution is 5.91. The molecule has 0 saturated heterocycles. The number of hydrogen-bond acceptors (Lipinski definition) is 3. The van der Waals surface area contributed by atoms with Gasteiger partial charge in [-0.15, -0.1) is 0 Å². The summed E-state index contributed by atoms with van der Waals surface area (Å²) in [7, 11) is 4.27. The van der Waals surface area contributed by atoms with Gasteiger partial charge in [0.1, 0.15) is 5.82 Å². The second-order valence-corrected chi connectivity index (χ2v) is 5.99. The van der Waals surface area contributed by atoms with Crippen molar-refractivity contribution in [3.8, 4) is 0 Å². The summed E-state index contributed by atoms with van der Waals surface area (Å²) in [5.74, 6) is 1.91. The molecule has 1 saturated carbocycles. The van der Waals surface area contributed by atoms with Crippen LogP contribution in [0.25, 0.3) is 0 Å². The molecule has 2 rings (SSSR count). The molecule has 0 radical (unpaired) electrons. The number of hydrogen-bond donors (Lipinski definition) is 2. The molecule has 0 aromatic carbocycles. The number of anilines is 1. The van der Waals surface area contributed by atoms with Gasteiger partial charge in [-0.1, -0.05) is 25.3 Å². The fourth-order valence-electron chi connectivity index (χ4n) is 3.05. The number of pyridine rings is 1. The zero-order valence-electron chi connectivity index (χ0n) is 13.1. The lowest BCUT2D eigenvalue weighted by atomic mass is 9.83. The molecule has 1 aromatic heterocycles. The van der Waals surface area contributed by atoms with Gasteiger partial charge in [-0.3, -0.25) is 4.99 Å². The van der Waals surface area contributed by atoms with E-state index in [4.69, 9.17) is 5.73 Å². The smallest absolute Gasteiger partial charge is 0.194 e. The molecule has 1 aliphatic carbocycles. The lowest BCUT2D eigenvalue weighted by Crippen LogP contribution is -2.39. The van der Waals surface area contributed by atoms with Gasteiger partial charge >= 0.3 is 0 Å². The zero-order valence-corrected chi connectivity index (χ0v) is 13.1. The number of guanidine groups is 1. The van der Waals surface area contributed by atoms with Crippen LogP contribution in [0, 0.1) is 5.92 Å². The van der Waals surface area contributed by atoms with Crippen LogP contribution in [-0.4, -0.2) is 42.5 Å². The van der Waals surface area contributed by atoms with Crippen molar-refractivity contribution >= 4 is 11.8 Å². The van der Waals surface area contributed by atoms with Crippen molar-refractivity contribution in [2.24, 2.45) is 16.6 Å². The molecule has 1 aliphatic rings. The van der Waals surface area contributed by atoms with E-state index >= 15 is 0 Å². The molecule has 3 N–H and O–H groups in total. The predicted octanol–water partition coefficient (Wildman–Crippen LogP) is 2.32. The summed E-state index contributed by atoms with van der Waals surface area (Å²) in [6.45, 7) is 0.739. The van der Waals surface area contributed by atoms with Crippen molar-refractivity contribution in [2.45, 2.75) is 38.1 Å². The Bertz CT molecular complexity index is 437. The summed E-state index contributed by atoms with van der Waals surface area (Å²) >= 11 is 0. The minimum absolute atomic E-state index is 0.441. The Morgan fingerprint density at radius 1 is 1.38 bits per heavy atom. The number of nitrogens with two attached hydrogens (primary N) is 1. The number of rotatable bonds is 5. The first-order valence-electron chi connectivity index (χ1n) is 7.81. The summed E-state index contributed by atoms with van der Waals surface area (Å²) < 4.78 is 0. The van der Waals surface area contributed by atoms with Gasteiger partial charge in [-0.05, 0) is 45.0 Å². The van der Waals surface area contributed by atoms with Crippen molar-refractivity contribution < 1.29 is 0 Å². The van der Waals surface area contributed by atoms with Crippen LogP contribution in [0.4, 0.5) is 5.82 Å². The molecule has 1 unspecified atom stereocenters. The second-order valence-electron chi connectivity index (χ2n) is 5.99. The summed E-state index contributed by atoms with van der Waals surface area (Å²) in [4.78, 5) is 11.0. The topological polar surface area (TPSA) is 66.5 Å². The number of likely N-dealkylation sites (N-methyl/N-ethyl adjacent to an activating group) is 1. The maximum absolute atomic E-state index is 5.96. The summed E-state index contributed by atoms with van der Waals surface area (Å²) in [6, 6.07) is 6.15. The summed E-state index contributed by atoms with van der Waals surface area (Å²) in [5.41, 5.74) is 5.96. The van der Waals surface area contributed by atoms with Crippen LogP contribution in [0.15, 0.2) is 29.4 Å². The van der Waals surface area contributed by atoms with Gasteiger partial charge in [-0.25, -0.2) is 4.98 Å². The standard InChI is InChI=1S/C16H27N5/c1-21(2)14(13-8-4-3-5-9-13)12-19-16(17)20-15-10-6-7-11-18-15/h6-7,10-11,13-14H,3-5,8-9,12H2,1-2H3,(H3,17,18,19,20). The molecule has 116 valence electrons. The lowest BCUT2D eigenvalue weighted by Gasteiger charge is -2.33. The molecule has 1 fully saturated rings. The fourth-order valence-corrected chi connectivity index (χ4v) is 3.05. The number of aromatic nitrogens is 1. The van der Waals surface area contributed by atoms with E-state index in [9.17, 15) is 0 Å². The Labute approximate surface area is 127 Å². The van der Waals surface area contributed by atoms with Gasteiger partial charge in [0.05, 0.1) is 6.54 Å². The van der Waals surface area contributed by atoms with E-state index in [2.05, 4.69) is 34.3 Å². The Balaban J connectivity index is 1.92. The maximum Gasteiger partial charge on any atom is 0.194 e. The van der Waals surface area contributed by atoms with Gasteiger partial charge in [0.2, 0.25) is 0 Å². The molecule has 0 aliphatic heterocycles. The minimum Gasteiger partial charge on any atom is -0.370 e. The van der Waals surface area contributed by atoms with E-state index in [1.54, 1.807) is 6.20 Å². The van der Waals surface area contributed by atoms with Crippen LogP contribution >= 0.6 is 0 Å². The van der Waals surface area contributed by atoms with Crippen LogP contribution in [0.5, 0.6) is 0 Å². The SMILES string of the molecule is CN(C)C(CN=C(N)Nc1ccccn1)C1CCCCC1. The number of aliphatic imine (C=N–C) groups is 1. The van der Waals surface area contributed by atoms with Gasteiger partial charge in [0, 0.05) is 12.2 Å². The van der Waals surface area contributed by atoms with Gasteiger partial charge in [0.15, 0.2) is 5.96 Å². The van der Waals surface area contributed by atoms with Crippen molar-refractivity contribution in [3.05, 3.63) is 24.4 Å². The van der Waals surface area contributed by atoms with Crippen LogP contribution in [0.1, 0.15) is 32.1 Å². The highest BCUT2D eigenvalue weighted by atomic mass is 15.2. The quantitative estimate of drug-likeness (QED) is 0.645. The number of nitrogens with one attached hydrogen (secondary N) is 1. The van der Waals surface area contributed by atoms with E-state index in [0.29, 0.717) is 12.0 Å². The van der Waals surface area contributed by atoms with Crippen molar-refractivity contribution in [2.75, 3.05) is 26.0 Å². The Kier molecular flexibility index (Phi) is 5.99. The third kappa shape index (κ3) is 5.01. The number of nitrogens with zero attached hydrogens (tertiary/aromatic N) is 3. The highest BCUT2D eigenvalue weighted by Gasteiger charge is 2.24. The maximum atomic E-state index is 5.96. The molecule has 0 amide bonds. The molecular formula is C16H27N5. The molecule has 0 bridgehead atoms. The first-order valence-corrected chi connectivity index (χ1v) is 7.81. The van der Waals surface area contributed by atoms with Crippen LogP contribution in [0.3, 0.4) is 0 Å².